The molecule has 0 saturated carbocycles. The summed E-state index contributed by atoms with van der Waals surface area (Å²) in [6, 6.07) is 5.48. The number of benzene rings is 1. The Bertz CT molecular complexity index is 531. The predicted octanol–water partition coefficient (Wildman–Crippen LogP) is 2.02. The minimum atomic E-state index is 0.269. The van der Waals surface area contributed by atoms with Gasteiger partial charge in [0.2, 0.25) is 0 Å². The summed E-state index contributed by atoms with van der Waals surface area (Å²) in [5, 5.41) is 3.03. The van der Waals surface area contributed by atoms with Gasteiger partial charge in [-0.1, -0.05) is 0 Å². The van der Waals surface area contributed by atoms with Gasteiger partial charge in [-0.2, -0.15) is 0 Å². The van der Waals surface area contributed by atoms with Crippen LogP contribution in [-0.4, -0.2) is 52.6 Å². The van der Waals surface area contributed by atoms with E-state index < -0.39 is 0 Å². The predicted molar refractivity (Wildman–Crippen MR) is 94.1 cm³/mol. The van der Waals surface area contributed by atoms with Gasteiger partial charge in [0.15, 0.2) is 17.5 Å². The fraction of sp³-hybridized carbons (Fsp3) is 0.588. The van der Waals surface area contributed by atoms with Gasteiger partial charge in [0.05, 0.1) is 26.9 Å². The first kappa shape index (κ1) is 18.4. The van der Waals surface area contributed by atoms with Crippen LogP contribution in [0.5, 0.6) is 11.5 Å². The number of rotatable bonds is 9. The molecule has 1 aromatic rings. The van der Waals surface area contributed by atoms with E-state index >= 15 is 0 Å². The lowest BCUT2D eigenvalue weighted by Gasteiger charge is -2.11. The Balaban J connectivity index is 1.67. The summed E-state index contributed by atoms with van der Waals surface area (Å²) >= 11 is 0. The second kappa shape index (κ2) is 10.00. The molecule has 1 atom stereocenters. The lowest BCUT2D eigenvalue weighted by Crippen LogP contribution is -2.23. The van der Waals surface area contributed by atoms with Crippen LogP contribution in [0.25, 0.3) is 0 Å². The van der Waals surface area contributed by atoms with E-state index in [1.807, 2.05) is 18.2 Å². The molecule has 1 fully saturated rings. The molecule has 1 aromatic carbocycles. The molecule has 1 aliphatic heterocycles. The van der Waals surface area contributed by atoms with Gasteiger partial charge in [-0.3, -0.25) is 4.99 Å². The van der Waals surface area contributed by atoms with Crippen molar-refractivity contribution in [3.05, 3.63) is 18.2 Å². The van der Waals surface area contributed by atoms with E-state index in [1.54, 1.807) is 14.2 Å². The summed E-state index contributed by atoms with van der Waals surface area (Å²) in [7, 11) is 3.19. The maximum Gasteiger partial charge on any atom is 0.193 e. The maximum absolute atomic E-state index is 5.89. The summed E-state index contributed by atoms with van der Waals surface area (Å²) in [4.78, 5) is 4.29. The molecule has 0 spiro atoms. The Kier molecular flexibility index (Phi) is 7.64. The lowest BCUT2D eigenvalue weighted by atomic mass is 10.2. The summed E-state index contributed by atoms with van der Waals surface area (Å²) in [5.41, 5.74) is 6.68. The monoisotopic (exact) mass is 337 g/mol. The van der Waals surface area contributed by atoms with E-state index in [0.717, 1.165) is 31.6 Å². The highest BCUT2D eigenvalue weighted by Gasteiger charge is 2.14. The third kappa shape index (κ3) is 5.90. The molecule has 0 aromatic heterocycles. The number of anilines is 1. The molecule has 24 heavy (non-hydrogen) atoms. The van der Waals surface area contributed by atoms with Crippen LogP contribution >= 0.6 is 0 Å². The van der Waals surface area contributed by atoms with Crippen LogP contribution in [-0.2, 0) is 9.47 Å². The second-order valence-corrected chi connectivity index (χ2v) is 5.53. The number of methoxy groups -OCH3 is 2. The Morgan fingerprint density at radius 2 is 2.17 bits per heavy atom. The van der Waals surface area contributed by atoms with Gasteiger partial charge in [-0.05, 0) is 31.4 Å². The average molecular weight is 337 g/mol. The molecule has 1 aliphatic rings. The first-order valence-electron chi connectivity index (χ1n) is 8.21. The van der Waals surface area contributed by atoms with Crippen molar-refractivity contribution >= 4 is 11.6 Å². The van der Waals surface area contributed by atoms with Crippen LogP contribution in [0.3, 0.4) is 0 Å². The first-order chi connectivity index (χ1) is 11.7. The van der Waals surface area contributed by atoms with E-state index in [-0.39, 0.29) is 6.10 Å². The Morgan fingerprint density at radius 1 is 1.33 bits per heavy atom. The molecule has 1 unspecified atom stereocenters. The molecule has 1 heterocycles. The van der Waals surface area contributed by atoms with Gasteiger partial charge < -0.3 is 30.0 Å². The molecule has 1 saturated heterocycles. The van der Waals surface area contributed by atoms with Gasteiger partial charge >= 0.3 is 0 Å². The van der Waals surface area contributed by atoms with Gasteiger partial charge in [0, 0.05) is 31.5 Å². The first-order valence-corrected chi connectivity index (χ1v) is 8.21. The smallest absolute Gasteiger partial charge is 0.193 e. The standard InChI is InChI=1S/C17H27N3O4/c1-21-15-7-6-13(11-16(15)22-2)20-17(18)19-8-4-9-23-12-14-5-3-10-24-14/h6-7,11,14H,3-5,8-10,12H2,1-2H3,(H3,18,19,20). The largest absolute Gasteiger partial charge is 0.493 e. The number of hydrogen-bond donors (Lipinski definition) is 2. The SMILES string of the molecule is COc1ccc(NC(N)=NCCCOCC2CCCO2)cc1OC. The Labute approximate surface area is 143 Å². The highest BCUT2D eigenvalue weighted by molar-refractivity contribution is 5.92. The Hall–Kier alpha value is -1.99. The van der Waals surface area contributed by atoms with Crippen molar-refractivity contribution in [1.82, 2.24) is 0 Å². The molecule has 7 heteroatoms. The van der Waals surface area contributed by atoms with Crippen molar-refractivity contribution in [2.45, 2.75) is 25.4 Å². The van der Waals surface area contributed by atoms with E-state index in [9.17, 15) is 0 Å². The maximum atomic E-state index is 5.89. The number of nitrogens with two attached hydrogens (primary N) is 1. The van der Waals surface area contributed by atoms with Gasteiger partial charge in [0.1, 0.15) is 0 Å². The summed E-state index contributed by atoms with van der Waals surface area (Å²) in [6.45, 7) is 2.80. The van der Waals surface area contributed by atoms with E-state index in [1.165, 1.54) is 0 Å². The Morgan fingerprint density at radius 3 is 2.88 bits per heavy atom. The molecule has 0 aliphatic carbocycles. The van der Waals surface area contributed by atoms with Crippen LogP contribution in [0, 0.1) is 0 Å². The minimum absolute atomic E-state index is 0.269. The number of nitrogens with one attached hydrogen (secondary N) is 1. The third-order valence-corrected chi connectivity index (χ3v) is 3.71. The molecule has 134 valence electrons. The van der Waals surface area contributed by atoms with Gasteiger partial charge in [-0.25, -0.2) is 0 Å². The molecular formula is C17H27N3O4. The van der Waals surface area contributed by atoms with Crippen molar-refractivity contribution in [2.24, 2.45) is 10.7 Å². The lowest BCUT2D eigenvalue weighted by molar-refractivity contribution is 0.0171. The van der Waals surface area contributed by atoms with Crippen molar-refractivity contribution < 1.29 is 18.9 Å². The van der Waals surface area contributed by atoms with Crippen LogP contribution in [0.2, 0.25) is 0 Å². The fourth-order valence-corrected chi connectivity index (χ4v) is 2.46. The number of hydrogen-bond acceptors (Lipinski definition) is 5. The normalized spacial score (nSPS) is 17.8. The molecule has 0 radical (unpaired) electrons. The zero-order valence-corrected chi connectivity index (χ0v) is 14.4. The molecule has 0 bridgehead atoms. The van der Waals surface area contributed by atoms with Crippen molar-refractivity contribution in [1.29, 1.82) is 0 Å². The van der Waals surface area contributed by atoms with E-state index in [2.05, 4.69) is 10.3 Å². The van der Waals surface area contributed by atoms with Gasteiger partial charge in [0.25, 0.3) is 0 Å². The van der Waals surface area contributed by atoms with E-state index in [0.29, 0.717) is 37.2 Å². The third-order valence-electron chi connectivity index (χ3n) is 3.71. The molecule has 2 rings (SSSR count). The number of guanidine groups is 1. The average Bonchev–Trinajstić information content (AvgIpc) is 3.11. The second-order valence-electron chi connectivity index (χ2n) is 5.53. The topological polar surface area (TPSA) is 87.3 Å². The quantitative estimate of drug-likeness (QED) is 0.407. The molecule has 3 N–H and O–H groups in total. The number of nitrogens with zero attached hydrogens (tertiary/aromatic N) is 1. The van der Waals surface area contributed by atoms with Crippen LogP contribution in [0.4, 0.5) is 5.69 Å². The van der Waals surface area contributed by atoms with Gasteiger partial charge in [-0.15, -0.1) is 0 Å². The number of ether oxygens (including phenoxy) is 4. The fourth-order valence-electron chi connectivity index (χ4n) is 2.46. The minimum Gasteiger partial charge on any atom is -0.493 e. The highest BCUT2D eigenvalue weighted by atomic mass is 16.5. The zero-order valence-electron chi connectivity index (χ0n) is 14.4. The highest BCUT2D eigenvalue weighted by Crippen LogP contribution is 2.29. The summed E-state index contributed by atoms with van der Waals surface area (Å²) in [5.74, 6) is 1.67. The van der Waals surface area contributed by atoms with Crippen LogP contribution in [0.15, 0.2) is 23.2 Å². The van der Waals surface area contributed by atoms with Crippen molar-refractivity contribution in [2.75, 3.05) is 45.9 Å². The van der Waals surface area contributed by atoms with Crippen LogP contribution < -0.4 is 20.5 Å². The zero-order chi connectivity index (χ0) is 17.2. The summed E-state index contributed by atoms with van der Waals surface area (Å²) < 4.78 is 21.5. The number of aliphatic imine (C=N–C) groups is 1. The van der Waals surface area contributed by atoms with Crippen LogP contribution in [0.1, 0.15) is 19.3 Å². The summed E-state index contributed by atoms with van der Waals surface area (Å²) in [6.07, 6.45) is 3.32. The molecular weight excluding hydrogens is 310 g/mol. The van der Waals surface area contributed by atoms with E-state index in [4.69, 9.17) is 24.7 Å². The van der Waals surface area contributed by atoms with Crippen molar-refractivity contribution in [3.63, 3.8) is 0 Å². The van der Waals surface area contributed by atoms with Crippen molar-refractivity contribution in [3.8, 4) is 11.5 Å². The molecule has 7 nitrogen and oxygen atoms in total. The molecule has 0 amide bonds.